The fourth-order valence-electron chi connectivity index (χ4n) is 3.00. The first kappa shape index (κ1) is 22.2. The molecule has 0 aliphatic rings. The molecule has 0 unspecified atom stereocenters. The van der Waals surface area contributed by atoms with Crippen LogP contribution in [0.2, 0.25) is 0 Å². The van der Waals surface area contributed by atoms with E-state index in [0.29, 0.717) is 16.5 Å². The summed E-state index contributed by atoms with van der Waals surface area (Å²) in [6.45, 7) is 2.18. The van der Waals surface area contributed by atoms with Gasteiger partial charge in [0, 0.05) is 31.0 Å². The zero-order valence-electron chi connectivity index (χ0n) is 17.1. The Labute approximate surface area is 177 Å². The standard InChI is InChI=1S/C23H21FO7/c1-14-10-22(26)30-20-13-19(31-23(27)16-4-3-5-17(24)11-16)15(12-18(14)20)6-7-21(25)29-9-8-28-2/h3-5,10-13H,6-9H2,1-2H3. The van der Waals surface area contributed by atoms with E-state index in [-0.39, 0.29) is 43.0 Å². The largest absolute Gasteiger partial charge is 0.463 e. The topological polar surface area (TPSA) is 92.0 Å². The first-order valence-electron chi connectivity index (χ1n) is 9.57. The summed E-state index contributed by atoms with van der Waals surface area (Å²) in [6, 6.07) is 9.56. The molecule has 31 heavy (non-hydrogen) atoms. The zero-order chi connectivity index (χ0) is 22.4. The van der Waals surface area contributed by atoms with Crippen LogP contribution in [0.15, 0.2) is 51.7 Å². The average Bonchev–Trinajstić information content (AvgIpc) is 2.72. The minimum atomic E-state index is -0.780. The molecule has 0 aliphatic heterocycles. The van der Waals surface area contributed by atoms with E-state index in [9.17, 15) is 18.8 Å². The molecule has 0 N–H and O–H groups in total. The van der Waals surface area contributed by atoms with Crippen molar-refractivity contribution >= 4 is 22.9 Å². The summed E-state index contributed by atoms with van der Waals surface area (Å²) in [7, 11) is 1.50. The van der Waals surface area contributed by atoms with Gasteiger partial charge in [0.25, 0.3) is 0 Å². The number of hydrogen-bond donors (Lipinski definition) is 0. The Morgan fingerprint density at radius 1 is 1.10 bits per heavy atom. The number of halogens is 1. The van der Waals surface area contributed by atoms with Crippen molar-refractivity contribution < 1.29 is 32.6 Å². The van der Waals surface area contributed by atoms with Crippen molar-refractivity contribution in [3.8, 4) is 5.75 Å². The summed E-state index contributed by atoms with van der Waals surface area (Å²) in [6.07, 6.45) is 0.252. The van der Waals surface area contributed by atoms with Gasteiger partial charge in [0.05, 0.1) is 12.2 Å². The Morgan fingerprint density at radius 2 is 1.90 bits per heavy atom. The first-order valence-corrected chi connectivity index (χ1v) is 9.57. The van der Waals surface area contributed by atoms with E-state index in [1.54, 1.807) is 13.0 Å². The molecule has 7 nitrogen and oxygen atoms in total. The minimum Gasteiger partial charge on any atom is -0.463 e. The van der Waals surface area contributed by atoms with Crippen LogP contribution in [-0.4, -0.2) is 32.3 Å². The van der Waals surface area contributed by atoms with Gasteiger partial charge in [0.15, 0.2) is 0 Å². The highest BCUT2D eigenvalue weighted by atomic mass is 19.1. The highest BCUT2D eigenvalue weighted by molar-refractivity contribution is 5.92. The molecular formula is C23H21FO7. The normalized spacial score (nSPS) is 10.8. The van der Waals surface area contributed by atoms with Crippen molar-refractivity contribution in [3.63, 3.8) is 0 Å². The van der Waals surface area contributed by atoms with Crippen LogP contribution in [0.5, 0.6) is 5.75 Å². The summed E-state index contributed by atoms with van der Waals surface area (Å²) in [5.74, 6) is -1.68. The Bertz CT molecular complexity index is 1170. The van der Waals surface area contributed by atoms with Crippen molar-refractivity contribution in [2.75, 3.05) is 20.3 Å². The van der Waals surface area contributed by atoms with Crippen molar-refractivity contribution in [1.82, 2.24) is 0 Å². The van der Waals surface area contributed by atoms with E-state index in [1.807, 2.05) is 0 Å². The van der Waals surface area contributed by atoms with E-state index < -0.39 is 23.4 Å². The third-order valence-electron chi connectivity index (χ3n) is 4.54. The summed E-state index contributed by atoms with van der Waals surface area (Å²) >= 11 is 0. The Hall–Kier alpha value is -3.52. The number of fused-ring (bicyclic) bond motifs is 1. The van der Waals surface area contributed by atoms with Gasteiger partial charge in [-0.25, -0.2) is 14.0 Å². The van der Waals surface area contributed by atoms with Gasteiger partial charge in [0.2, 0.25) is 0 Å². The van der Waals surface area contributed by atoms with E-state index in [2.05, 4.69) is 0 Å². The van der Waals surface area contributed by atoms with E-state index in [0.717, 1.165) is 6.07 Å². The van der Waals surface area contributed by atoms with Crippen LogP contribution in [0.4, 0.5) is 4.39 Å². The monoisotopic (exact) mass is 428 g/mol. The average molecular weight is 428 g/mol. The molecule has 2 aromatic carbocycles. The van der Waals surface area contributed by atoms with Gasteiger partial charge in [-0.2, -0.15) is 0 Å². The fourth-order valence-corrected chi connectivity index (χ4v) is 3.00. The number of aryl methyl sites for hydroxylation is 2. The second-order valence-electron chi connectivity index (χ2n) is 6.82. The molecule has 162 valence electrons. The lowest BCUT2D eigenvalue weighted by atomic mass is 10.0. The van der Waals surface area contributed by atoms with Gasteiger partial charge in [-0.1, -0.05) is 6.07 Å². The molecular weight excluding hydrogens is 407 g/mol. The summed E-state index contributed by atoms with van der Waals surface area (Å²) < 4.78 is 34.1. The lowest BCUT2D eigenvalue weighted by molar-refractivity contribution is -0.144. The van der Waals surface area contributed by atoms with Gasteiger partial charge in [-0.3, -0.25) is 4.79 Å². The molecule has 3 aromatic rings. The summed E-state index contributed by atoms with van der Waals surface area (Å²) in [5.41, 5.74) is 0.937. The van der Waals surface area contributed by atoms with Crippen molar-refractivity contribution in [2.45, 2.75) is 19.8 Å². The van der Waals surface area contributed by atoms with Crippen molar-refractivity contribution in [2.24, 2.45) is 0 Å². The van der Waals surface area contributed by atoms with E-state index in [1.165, 1.54) is 37.4 Å². The zero-order valence-corrected chi connectivity index (χ0v) is 17.1. The maximum Gasteiger partial charge on any atom is 0.343 e. The number of hydrogen-bond acceptors (Lipinski definition) is 7. The third kappa shape index (κ3) is 5.76. The van der Waals surface area contributed by atoms with E-state index >= 15 is 0 Å². The molecule has 3 rings (SSSR count). The molecule has 0 radical (unpaired) electrons. The number of esters is 2. The Morgan fingerprint density at radius 3 is 2.65 bits per heavy atom. The smallest absolute Gasteiger partial charge is 0.343 e. The van der Waals surface area contributed by atoms with Gasteiger partial charge in [-0.05, 0) is 48.7 Å². The molecule has 0 amide bonds. The van der Waals surface area contributed by atoms with Crippen LogP contribution >= 0.6 is 0 Å². The molecule has 0 bridgehead atoms. The second kappa shape index (κ2) is 9.99. The molecule has 0 saturated carbocycles. The first-order chi connectivity index (χ1) is 14.9. The van der Waals surface area contributed by atoms with Crippen LogP contribution < -0.4 is 10.4 Å². The molecule has 0 saturated heterocycles. The van der Waals surface area contributed by atoms with Gasteiger partial charge < -0.3 is 18.6 Å². The van der Waals surface area contributed by atoms with Crippen LogP contribution in [0.3, 0.4) is 0 Å². The van der Waals surface area contributed by atoms with Crippen LogP contribution in [0, 0.1) is 12.7 Å². The highest BCUT2D eigenvalue weighted by Gasteiger charge is 2.17. The molecule has 0 aliphatic carbocycles. The predicted molar refractivity (Wildman–Crippen MR) is 110 cm³/mol. The minimum absolute atomic E-state index is 0.0238. The number of benzene rings is 2. The van der Waals surface area contributed by atoms with Crippen molar-refractivity contribution in [1.29, 1.82) is 0 Å². The summed E-state index contributed by atoms with van der Waals surface area (Å²) in [5, 5.41) is 0.646. The van der Waals surface area contributed by atoms with Crippen molar-refractivity contribution in [3.05, 3.63) is 75.4 Å². The predicted octanol–water partition coefficient (Wildman–Crippen LogP) is 3.58. The highest BCUT2D eigenvalue weighted by Crippen LogP contribution is 2.29. The third-order valence-corrected chi connectivity index (χ3v) is 4.54. The fraction of sp³-hybridized carbons (Fsp3) is 0.261. The number of carbonyl (C=O) groups excluding carboxylic acids is 2. The van der Waals surface area contributed by atoms with Crippen LogP contribution in [0.1, 0.15) is 27.9 Å². The Kier molecular flexibility index (Phi) is 7.15. The number of methoxy groups -OCH3 is 1. The SMILES string of the molecule is COCCOC(=O)CCc1cc2c(C)cc(=O)oc2cc1OC(=O)c1cccc(F)c1. The maximum absolute atomic E-state index is 13.5. The number of carbonyl (C=O) groups is 2. The lowest BCUT2D eigenvalue weighted by Gasteiger charge is -2.12. The van der Waals surface area contributed by atoms with E-state index in [4.69, 9.17) is 18.6 Å². The second-order valence-corrected chi connectivity index (χ2v) is 6.82. The van der Waals surface area contributed by atoms with Crippen LogP contribution in [0.25, 0.3) is 11.0 Å². The summed E-state index contributed by atoms with van der Waals surface area (Å²) in [4.78, 5) is 36.2. The molecule has 0 atom stereocenters. The van der Waals surface area contributed by atoms with Crippen LogP contribution in [-0.2, 0) is 20.7 Å². The molecule has 0 spiro atoms. The maximum atomic E-state index is 13.5. The molecule has 0 fully saturated rings. The Balaban J connectivity index is 1.91. The quantitative estimate of drug-likeness (QED) is 0.234. The van der Waals surface area contributed by atoms with Gasteiger partial charge >= 0.3 is 17.6 Å². The lowest BCUT2D eigenvalue weighted by Crippen LogP contribution is -2.13. The number of ether oxygens (including phenoxy) is 3. The molecule has 1 aromatic heterocycles. The molecule has 1 heterocycles. The molecule has 8 heteroatoms. The van der Waals surface area contributed by atoms with Gasteiger partial charge in [-0.15, -0.1) is 0 Å². The number of rotatable bonds is 8. The van der Waals surface area contributed by atoms with Gasteiger partial charge in [0.1, 0.15) is 23.8 Å².